The average Bonchev–Trinajstić information content (AvgIpc) is 2.63. The predicted molar refractivity (Wildman–Crippen MR) is 94.0 cm³/mol. The van der Waals surface area contributed by atoms with Gasteiger partial charge in [-0.25, -0.2) is 8.42 Å². The van der Waals surface area contributed by atoms with E-state index in [4.69, 9.17) is 4.74 Å². The van der Waals surface area contributed by atoms with Crippen LogP contribution in [-0.4, -0.2) is 68.9 Å². The second-order valence-corrected chi connectivity index (χ2v) is 8.27. The maximum absolute atomic E-state index is 12.9. The van der Waals surface area contributed by atoms with Crippen LogP contribution in [0.1, 0.15) is 19.8 Å². The van der Waals surface area contributed by atoms with Crippen molar-refractivity contribution in [1.29, 1.82) is 0 Å². The Labute approximate surface area is 149 Å². The second kappa shape index (κ2) is 7.72. The number of benzene rings is 1. The number of hydrogen-bond donors (Lipinski definition) is 1. The van der Waals surface area contributed by atoms with Gasteiger partial charge in [-0.15, -0.1) is 0 Å². The Morgan fingerprint density at radius 1 is 1.24 bits per heavy atom. The van der Waals surface area contributed by atoms with Crippen LogP contribution >= 0.6 is 0 Å². The molecule has 0 aliphatic carbocycles. The largest absolute Gasteiger partial charge is 0.494 e. The van der Waals surface area contributed by atoms with Gasteiger partial charge >= 0.3 is 0 Å². The second-order valence-electron chi connectivity index (χ2n) is 6.33. The molecule has 2 aliphatic rings. The van der Waals surface area contributed by atoms with Crippen molar-refractivity contribution in [3.8, 4) is 5.75 Å². The van der Waals surface area contributed by atoms with Gasteiger partial charge in [-0.3, -0.25) is 4.79 Å². The van der Waals surface area contributed by atoms with Gasteiger partial charge in [0, 0.05) is 32.2 Å². The van der Waals surface area contributed by atoms with E-state index in [0.29, 0.717) is 38.5 Å². The molecule has 3 rings (SSSR count). The van der Waals surface area contributed by atoms with Crippen LogP contribution in [0, 0.1) is 0 Å². The molecule has 1 unspecified atom stereocenters. The lowest BCUT2D eigenvalue weighted by Crippen LogP contribution is -2.57. The number of sulfonamides is 1. The first-order chi connectivity index (χ1) is 12.0. The van der Waals surface area contributed by atoms with Crippen LogP contribution in [0.2, 0.25) is 0 Å². The highest BCUT2D eigenvalue weighted by Gasteiger charge is 2.35. The van der Waals surface area contributed by atoms with E-state index in [-0.39, 0.29) is 16.8 Å². The summed E-state index contributed by atoms with van der Waals surface area (Å²) >= 11 is 0. The molecule has 2 aliphatic heterocycles. The summed E-state index contributed by atoms with van der Waals surface area (Å²) < 4.78 is 32.7. The molecule has 1 amide bonds. The number of carbonyl (C=O) groups is 1. The van der Waals surface area contributed by atoms with Crippen molar-refractivity contribution in [2.24, 2.45) is 0 Å². The summed E-state index contributed by atoms with van der Waals surface area (Å²) in [7, 11) is -3.56. The van der Waals surface area contributed by atoms with Gasteiger partial charge in [0.2, 0.25) is 15.9 Å². The molecule has 1 N–H and O–H groups in total. The third kappa shape index (κ3) is 3.96. The smallest absolute Gasteiger partial charge is 0.243 e. The van der Waals surface area contributed by atoms with Crippen molar-refractivity contribution in [2.75, 3.05) is 39.3 Å². The van der Waals surface area contributed by atoms with Crippen LogP contribution in [0.4, 0.5) is 0 Å². The maximum atomic E-state index is 12.9. The third-order valence-corrected chi connectivity index (χ3v) is 6.58. The van der Waals surface area contributed by atoms with Gasteiger partial charge in [-0.1, -0.05) is 0 Å². The molecule has 2 heterocycles. The summed E-state index contributed by atoms with van der Waals surface area (Å²) in [4.78, 5) is 14.2. The fourth-order valence-corrected chi connectivity index (χ4v) is 4.94. The molecule has 7 nitrogen and oxygen atoms in total. The normalized spacial score (nSPS) is 22.8. The van der Waals surface area contributed by atoms with Crippen molar-refractivity contribution < 1.29 is 17.9 Å². The minimum atomic E-state index is -3.56. The number of amides is 1. The van der Waals surface area contributed by atoms with Crippen LogP contribution in [0.5, 0.6) is 5.75 Å². The van der Waals surface area contributed by atoms with Crippen LogP contribution in [0.3, 0.4) is 0 Å². The molecule has 0 saturated carbocycles. The fraction of sp³-hybridized carbons (Fsp3) is 0.588. The lowest BCUT2D eigenvalue weighted by Gasteiger charge is -2.40. The summed E-state index contributed by atoms with van der Waals surface area (Å²) in [5, 5.41) is 3.05. The van der Waals surface area contributed by atoms with Crippen LogP contribution in [0.25, 0.3) is 0 Å². The minimum Gasteiger partial charge on any atom is -0.494 e. The summed E-state index contributed by atoms with van der Waals surface area (Å²) in [5.74, 6) is 0.709. The van der Waals surface area contributed by atoms with Crippen molar-refractivity contribution in [1.82, 2.24) is 14.5 Å². The van der Waals surface area contributed by atoms with E-state index in [1.54, 1.807) is 24.3 Å². The highest BCUT2D eigenvalue weighted by atomic mass is 32.2. The number of piperidine rings is 1. The van der Waals surface area contributed by atoms with E-state index < -0.39 is 10.0 Å². The Balaban J connectivity index is 1.74. The fourth-order valence-electron chi connectivity index (χ4n) is 3.42. The Morgan fingerprint density at radius 2 is 2.00 bits per heavy atom. The van der Waals surface area contributed by atoms with E-state index in [1.165, 1.54) is 4.31 Å². The number of nitrogens with one attached hydrogen (secondary N) is 1. The topological polar surface area (TPSA) is 79.0 Å². The molecule has 2 fully saturated rings. The molecule has 138 valence electrons. The van der Waals surface area contributed by atoms with Crippen LogP contribution in [-0.2, 0) is 14.8 Å². The van der Waals surface area contributed by atoms with Gasteiger partial charge in [0.1, 0.15) is 5.75 Å². The van der Waals surface area contributed by atoms with Crippen molar-refractivity contribution in [2.45, 2.75) is 30.7 Å². The molecule has 2 saturated heterocycles. The predicted octanol–water partition coefficient (Wildman–Crippen LogP) is 0.670. The molecule has 1 aromatic rings. The highest BCUT2D eigenvalue weighted by molar-refractivity contribution is 7.89. The Morgan fingerprint density at radius 3 is 2.68 bits per heavy atom. The van der Waals surface area contributed by atoms with Crippen LogP contribution in [0.15, 0.2) is 29.2 Å². The summed E-state index contributed by atoms with van der Waals surface area (Å²) in [6.07, 6.45) is 1.61. The first-order valence-corrected chi connectivity index (χ1v) is 10.2. The summed E-state index contributed by atoms with van der Waals surface area (Å²) in [6, 6.07) is 6.48. The summed E-state index contributed by atoms with van der Waals surface area (Å²) in [5.41, 5.74) is 0. The molecule has 0 radical (unpaired) electrons. The average molecular weight is 367 g/mol. The van der Waals surface area contributed by atoms with Gasteiger partial charge in [-0.05, 0) is 44.0 Å². The van der Waals surface area contributed by atoms with Gasteiger partial charge < -0.3 is 15.0 Å². The van der Waals surface area contributed by atoms with E-state index >= 15 is 0 Å². The molecule has 1 aromatic carbocycles. The lowest BCUT2D eigenvalue weighted by molar-refractivity contribution is -0.135. The quantitative estimate of drug-likeness (QED) is 0.828. The standard InChI is InChI=1S/C17H25N3O4S/c1-2-24-15-5-7-16(8-6-15)25(22,23)19-10-3-4-14(13-19)20-11-9-18-12-17(20)21/h5-8,14,18H,2-4,9-13H2,1H3. The van der Waals surface area contributed by atoms with Crippen LogP contribution < -0.4 is 10.1 Å². The Bertz CT molecular complexity index is 705. The van der Waals surface area contributed by atoms with Gasteiger partial charge in [0.15, 0.2) is 0 Å². The molecule has 25 heavy (non-hydrogen) atoms. The number of nitrogens with zero attached hydrogens (tertiary/aromatic N) is 2. The summed E-state index contributed by atoms with van der Waals surface area (Å²) in [6.45, 7) is 5.01. The van der Waals surface area contributed by atoms with E-state index in [9.17, 15) is 13.2 Å². The molecule has 0 aromatic heterocycles. The number of hydrogen-bond acceptors (Lipinski definition) is 5. The zero-order valence-corrected chi connectivity index (χ0v) is 15.3. The molecule has 8 heteroatoms. The Hall–Kier alpha value is -1.64. The number of rotatable bonds is 5. The minimum absolute atomic E-state index is 0.0409. The highest BCUT2D eigenvalue weighted by Crippen LogP contribution is 2.25. The first-order valence-electron chi connectivity index (χ1n) is 8.75. The van der Waals surface area contributed by atoms with Crippen molar-refractivity contribution in [3.63, 3.8) is 0 Å². The van der Waals surface area contributed by atoms with E-state index in [1.807, 2.05) is 11.8 Å². The molecule has 0 bridgehead atoms. The molecular weight excluding hydrogens is 342 g/mol. The number of carbonyl (C=O) groups excluding carboxylic acids is 1. The van der Waals surface area contributed by atoms with Crippen molar-refractivity contribution in [3.05, 3.63) is 24.3 Å². The SMILES string of the molecule is CCOc1ccc(S(=O)(=O)N2CCCC(N3CCNCC3=O)C2)cc1. The van der Waals surface area contributed by atoms with Gasteiger partial charge in [0.25, 0.3) is 0 Å². The zero-order valence-electron chi connectivity index (χ0n) is 14.5. The van der Waals surface area contributed by atoms with E-state index in [0.717, 1.165) is 19.4 Å². The van der Waals surface area contributed by atoms with Gasteiger partial charge in [0.05, 0.1) is 18.0 Å². The number of ether oxygens (including phenoxy) is 1. The number of piperazine rings is 1. The third-order valence-electron chi connectivity index (χ3n) is 4.70. The van der Waals surface area contributed by atoms with Crippen molar-refractivity contribution >= 4 is 15.9 Å². The van der Waals surface area contributed by atoms with Gasteiger partial charge in [-0.2, -0.15) is 4.31 Å². The molecular formula is C17H25N3O4S. The van der Waals surface area contributed by atoms with E-state index in [2.05, 4.69) is 5.32 Å². The first kappa shape index (κ1) is 18.2. The lowest BCUT2D eigenvalue weighted by atomic mass is 10.1. The maximum Gasteiger partial charge on any atom is 0.243 e. The Kier molecular flexibility index (Phi) is 5.61. The molecule has 0 spiro atoms. The molecule has 1 atom stereocenters. The zero-order chi connectivity index (χ0) is 17.9. The monoisotopic (exact) mass is 367 g/mol.